The number of aldehydes is 1. The number of likely N-dealkylation sites (tertiary alicyclic amines) is 1. The van der Waals surface area contributed by atoms with Crippen molar-refractivity contribution in [1.29, 1.82) is 0 Å². The van der Waals surface area contributed by atoms with Crippen LogP contribution in [0, 0.1) is 11.7 Å². The second kappa shape index (κ2) is 7.82. The zero-order valence-electron chi connectivity index (χ0n) is 16.4. The fourth-order valence-corrected chi connectivity index (χ4v) is 5.57. The molecule has 1 saturated heterocycles. The Morgan fingerprint density at radius 2 is 2.10 bits per heavy atom. The van der Waals surface area contributed by atoms with Gasteiger partial charge in [0.1, 0.15) is 11.5 Å². The molecule has 5 rings (SSSR count). The number of H-pyrrole nitrogens is 1. The van der Waals surface area contributed by atoms with Crippen LogP contribution in [-0.4, -0.2) is 51.4 Å². The number of benzene rings is 1. The van der Waals surface area contributed by atoms with Gasteiger partial charge in [0.15, 0.2) is 6.29 Å². The van der Waals surface area contributed by atoms with Gasteiger partial charge in [-0.05, 0) is 43.2 Å². The van der Waals surface area contributed by atoms with Gasteiger partial charge in [0, 0.05) is 37.7 Å². The molecule has 29 heavy (non-hydrogen) atoms. The monoisotopic (exact) mass is 416 g/mol. The molecule has 1 aliphatic carbocycles. The zero-order valence-corrected chi connectivity index (χ0v) is 17.1. The summed E-state index contributed by atoms with van der Waals surface area (Å²) in [7, 11) is 0. The van der Waals surface area contributed by atoms with Crippen LogP contribution in [-0.2, 0) is 6.54 Å². The van der Waals surface area contributed by atoms with Crippen LogP contribution in [0.15, 0.2) is 24.3 Å². The van der Waals surface area contributed by atoms with Gasteiger partial charge in [-0.1, -0.05) is 18.2 Å². The SMILES string of the molecule is O=Cc1n[nH]c2c1C(N1CCCC(c3ccccc3F)C1Cl)CN(CC1CC1)C2. The van der Waals surface area contributed by atoms with Gasteiger partial charge in [-0.3, -0.25) is 19.7 Å². The molecular weight excluding hydrogens is 391 g/mol. The third kappa shape index (κ3) is 3.62. The van der Waals surface area contributed by atoms with E-state index in [0.29, 0.717) is 11.3 Å². The van der Waals surface area contributed by atoms with E-state index in [4.69, 9.17) is 11.6 Å². The van der Waals surface area contributed by atoms with Gasteiger partial charge in [0.05, 0.1) is 17.2 Å². The molecule has 154 valence electrons. The molecule has 3 aliphatic rings. The van der Waals surface area contributed by atoms with E-state index in [1.54, 1.807) is 6.07 Å². The molecule has 2 aromatic rings. The molecule has 5 nitrogen and oxygen atoms in total. The molecule has 0 bridgehead atoms. The second-order valence-corrected chi connectivity index (χ2v) is 9.10. The minimum atomic E-state index is -0.325. The Bertz CT molecular complexity index is 899. The smallest absolute Gasteiger partial charge is 0.170 e. The van der Waals surface area contributed by atoms with Crippen LogP contribution < -0.4 is 0 Å². The van der Waals surface area contributed by atoms with Gasteiger partial charge in [0.25, 0.3) is 0 Å². The number of rotatable bonds is 5. The van der Waals surface area contributed by atoms with Crippen LogP contribution in [0.4, 0.5) is 4.39 Å². The summed E-state index contributed by atoms with van der Waals surface area (Å²) in [5.41, 5.74) is 2.83. The largest absolute Gasteiger partial charge is 0.296 e. The quantitative estimate of drug-likeness (QED) is 0.453. The average molecular weight is 417 g/mol. The van der Waals surface area contributed by atoms with Crippen LogP contribution >= 0.6 is 11.6 Å². The summed E-state index contributed by atoms with van der Waals surface area (Å²) >= 11 is 7.01. The molecule has 2 fully saturated rings. The van der Waals surface area contributed by atoms with Crippen LogP contribution in [0.3, 0.4) is 0 Å². The van der Waals surface area contributed by atoms with Crippen molar-refractivity contribution >= 4 is 17.9 Å². The first-order valence-electron chi connectivity index (χ1n) is 10.5. The fourth-order valence-electron chi connectivity index (χ4n) is 5.08. The molecule has 0 radical (unpaired) electrons. The minimum Gasteiger partial charge on any atom is -0.296 e. The normalized spacial score (nSPS) is 28.3. The lowest BCUT2D eigenvalue weighted by Crippen LogP contribution is -2.49. The summed E-state index contributed by atoms with van der Waals surface area (Å²) < 4.78 is 14.5. The lowest BCUT2D eigenvalue weighted by molar-refractivity contribution is 0.0731. The summed E-state index contributed by atoms with van der Waals surface area (Å²) in [5.74, 6) is 0.520. The molecule has 2 aliphatic heterocycles. The van der Waals surface area contributed by atoms with E-state index < -0.39 is 0 Å². The number of carbonyl (C=O) groups excluding carboxylic acids is 1. The van der Waals surface area contributed by atoms with E-state index >= 15 is 0 Å². The van der Waals surface area contributed by atoms with E-state index in [2.05, 4.69) is 20.0 Å². The van der Waals surface area contributed by atoms with Crippen LogP contribution in [0.25, 0.3) is 0 Å². The first-order valence-corrected chi connectivity index (χ1v) is 11.0. The summed E-state index contributed by atoms with van der Waals surface area (Å²) in [6.07, 6.45) is 5.25. The highest BCUT2D eigenvalue weighted by molar-refractivity contribution is 6.21. The van der Waals surface area contributed by atoms with Crippen LogP contribution in [0.5, 0.6) is 0 Å². The van der Waals surface area contributed by atoms with E-state index in [-0.39, 0.29) is 23.3 Å². The van der Waals surface area contributed by atoms with Crippen molar-refractivity contribution in [1.82, 2.24) is 20.0 Å². The van der Waals surface area contributed by atoms with Crippen LogP contribution in [0.2, 0.25) is 0 Å². The highest BCUT2D eigenvalue weighted by Crippen LogP contribution is 2.43. The standard InChI is InChI=1S/C22H26ClFN4O/c23-22-16(15-4-1-2-6-17(15)24)5-3-9-28(22)20-12-27(10-14-7-8-14)11-18-21(20)19(13-29)26-25-18/h1-2,4,6,13-14,16,20,22H,3,5,7-12H2,(H,25,26). The molecule has 3 heterocycles. The van der Waals surface area contributed by atoms with Crippen molar-refractivity contribution in [3.05, 3.63) is 52.6 Å². The van der Waals surface area contributed by atoms with Gasteiger partial charge in [-0.15, -0.1) is 11.6 Å². The average Bonchev–Trinajstić information content (AvgIpc) is 3.44. The summed E-state index contributed by atoms with van der Waals surface area (Å²) in [5, 5.41) is 7.34. The van der Waals surface area contributed by atoms with Gasteiger partial charge in [0.2, 0.25) is 0 Å². The second-order valence-electron chi connectivity index (χ2n) is 8.65. The number of fused-ring (bicyclic) bond motifs is 1. The van der Waals surface area contributed by atoms with Gasteiger partial charge in [-0.2, -0.15) is 5.10 Å². The Hall–Kier alpha value is -1.76. The van der Waals surface area contributed by atoms with Gasteiger partial charge in [-0.25, -0.2) is 4.39 Å². The van der Waals surface area contributed by atoms with Crippen molar-refractivity contribution < 1.29 is 9.18 Å². The van der Waals surface area contributed by atoms with Crippen molar-refractivity contribution in [3.63, 3.8) is 0 Å². The summed E-state index contributed by atoms with van der Waals surface area (Å²) in [6, 6.07) is 6.94. The van der Waals surface area contributed by atoms with Gasteiger partial charge < -0.3 is 0 Å². The summed E-state index contributed by atoms with van der Waals surface area (Å²) in [6.45, 7) is 3.53. The number of aromatic amines is 1. The number of nitrogens with one attached hydrogen (secondary N) is 1. The topological polar surface area (TPSA) is 52.2 Å². The number of halogens is 2. The number of piperidine rings is 1. The van der Waals surface area contributed by atoms with Crippen LogP contribution in [0.1, 0.15) is 65.0 Å². The number of hydrogen-bond donors (Lipinski definition) is 1. The van der Waals surface area contributed by atoms with Crippen molar-refractivity contribution in [3.8, 4) is 0 Å². The predicted octanol–water partition coefficient (Wildman–Crippen LogP) is 4.07. The van der Waals surface area contributed by atoms with Crippen molar-refractivity contribution in [2.24, 2.45) is 5.92 Å². The zero-order chi connectivity index (χ0) is 20.0. The molecule has 7 heteroatoms. The van der Waals surface area contributed by atoms with Crippen molar-refractivity contribution in [2.45, 2.75) is 49.7 Å². The maximum absolute atomic E-state index is 14.5. The molecule has 1 aromatic carbocycles. The molecule has 1 N–H and O–H groups in total. The Kier molecular flexibility index (Phi) is 5.18. The number of alkyl halides is 1. The molecule has 1 saturated carbocycles. The Morgan fingerprint density at radius 1 is 1.28 bits per heavy atom. The van der Waals surface area contributed by atoms with Crippen molar-refractivity contribution in [2.75, 3.05) is 19.6 Å². The van der Waals surface area contributed by atoms with E-state index in [9.17, 15) is 9.18 Å². The fraction of sp³-hybridized carbons (Fsp3) is 0.545. The molecule has 3 atom stereocenters. The highest BCUT2D eigenvalue weighted by atomic mass is 35.5. The third-order valence-electron chi connectivity index (χ3n) is 6.67. The number of aromatic nitrogens is 2. The van der Waals surface area contributed by atoms with Gasteiger partial charge >= 0.3 is 0 Å². The third-order valence-corrected chi connectivity index (χ3v) is 7.22. The molecule has 1 aromatic heterocycles. The Labute approximate surface area is 175 Å². The van der Waals surface area contributed by atoms with E-state index in [0.717, 1.165) is 62.5 Å². The Balaban J connectivity index is 1.47. The lowest BCUT2D eigenvalue weighted by atomic mass is 9.87. The lowest BCUT2D eigenvalue weighted by Gasteiger charge is -2.46. The Morgan fingerprint density at radius 3 is 2.86 bits per heavy atom. The molecule has 0 spiro atoms. The summed E-state index contributed by atoms with van der Waals surface area (Å²) in [4.78, 5) is 16.4. The first-order chi connectivity index (χ1) is 14.2. The maximum atomic E-state index is 14.5. The highest BCUT2D eigenvalue weighted by Gasteiger charge is 2.42. The van der Waals surface area contributed by atoms with E-state index in [1.165, 1.54) is 18.9 Å². The number of nitrogens with zero attached hydrogens (tertiary/aromatic N) is 3. The molecular formula is C22H26ClFN4O. The first kappa shape index (κ1) is 19.2. The maximum Gasteiger partial charge on any atom is 0.170 e. The number of carbonyl (C=O) groups is 1. The molecule has 3 unspecified atom stereocenters. The predicted molar refractivity (Wildman–Crippen MR) is 109 cm³/mol. The molecule has 0 amide bonds. The van der Waals surface area contributed by atoms with E-state index in [1.807, 2.05) is 12.1 Å². The minimum absolute atomic E-state index is 0.00600. The number of hydrogen-bond acceptors (Lipinski definition) is 4.